The summed E-state index contributed by atoms with van der Waals surface area (Å²) in [7, 11) is -2.08. The minimum absolute atomic E-state index is 0.0706. The molecule has 0 spiro atoms. The summed E-state index contributed by atoms with van der Waals surface area (Å²) in [5.74, 6) is 0.753. The van der Waals surface area contributed by atoms with Gasteiger partial charge in [-0.05, 0) is 43.3 Å². The van der Waals surface area contributed by atoms with Crippen LogP contribution < -0.4 is 9.46 Å². The summed E-state index contributed by atoms with van der Waals surface area (Å²) in [4.78, 5) is 1.04. The summed E-state index contributed by atoms with van der Waals surface area (Å²) in [5, 5.41) is 6.41. The lowest BCUT2D eigenvalue weighted by Gasteiger charge is -2.09. The maximum Gasteiger partial charge on any atom is 0.244 e. The zero-order valence-electron chi connectivity index (χ0n) is 15.5. The Balaban J connectivity index is 1.82. The van der Waals surface area contributed by atoms with Gasteiger partial charge < -0.3 is 4.74 Å². The molecule has 0 fully saturated rings. The Bertz CT molecular complexity index is 993. The third-order valence-electron chi connectivity index (χ3n) is 4.15. The monoisotopic (exact) mass is 405 g/mol. The van der Waals surface area contributed by atoms with E-state index in [1.54, 1.807) is 18.0 Å². The molecule has 1 N–H and O–H groups in total. The molecule has 0 radical (unpaired) electrons. The number of nitrogens with one attached hydrogen (secondary N) is 1. The van der Waals surface area contributed by atoms with E-state index >= 15 is 0 Å². The zero-order chi connectivity index (χ0) is 19.4. The molecule has 0 unspecified atom stereocenters. The Hall–Kier alpha value is -2.16. The lowest BCUT2D eigenvalue weighted by Crippen LogP contribution is -2.26. The summed E-state index contributed by atoms with van der Waals surface area (Å²) in [6.07, 6.45) is 2.14. The minimum Gasteiger partial charge on any atom is -0.496 e. The van der Waals surface area contributed by atoms with Gasteiger partial charge in [0.15, 0.2) is 0 Å². The van der Waals surface area contributed by atoms with Crippen LogP contribution in [0.3, 0.4) is 0 Å². The number of methoxy groups -OCH3 is 1. The molecule has 27 heavy (non-hydrogen) atoms. The first-order valence-corrected chi connectivity index (χ1v) is 11.0. The summed E-state index contributed by atoms with van der Waals surface area (Å²) in [5.41, 5.74) is 1.45. The van der Waals surface area contributed by atoms with Gasteiger partial charge in [-0.2, -0.15) is 5.10 Å². The van der Waals surface area contributed by atoms with Crippen LogP contribution in [0.2, 0.25) is 0 Å². The van der Waals surface area contributed by atoms with Crippen LogP contribution in [0.5, 0.6) is 5.75 Å². The average molecular weight is 406 g/mol. The maximum atomic E-state index is 12.9. The molecule has 0 bridgehead atoms. The van der Waals surface area contributed by atoms with Gasteiger partial charge in [-0.1, -0.05) is 24.3 Å². The van der Waals surface area contributed by atoms with Gasteiger partial charge in [-0.25, -0.2) is 13.1 Å². The minimum atomic E-state index is -3.69. The van der Waals surface area contributed by atoms with Crippen LogP contribution in [0, 0.1) is 0 Å². The van der Waals surface area contributed by atoms with Crippen LogP contribution in [0.4, 0.5) is 0 Å². The van der Waals surface area contributed by atoms with Crippen molar-refractivity contribution < 1.29 is 13.2 Å². The van der Waals surface area contributed by atoms with E-state index in [0.29, 0.717) is 12.1 Å². The molecule has 0 aliphatic heterocycles. The molecule has 0 aliphatic rings. The van der Waals surface area contributed by atoms with Crippen molar-refractivity contribution in [2.75, 3.05) is 13.7 Å². The number of hydrogen-bond acceptors (Lipinski definition) is 5. The molecule has 0 saturated carbocycles. The molecule has 0 saturated heterocycles. The van der Waals surface area contributed by atoms with Gasteiger partial charge in [0.25, 0.3) is 0 Å². The normalized spacial score (nSPS) is 11.9. The van der Waals surface area contributed by atoms with Gasteiger partial charge in [-0.3, -0.25) is 4.68 Å². The highest BCUT2D eigenvalue weighted by atomic mass is 32.2. The van der Waals surface area contributed by atoms with Gasteiger partial charge >= 0.3 is 0 Å². The highest BCUT2D eigenvalue weighted by Gasteiger charge is 2.24. The molecule has 2 aromatic heterocycles. The molecule has 6 nitrogen and oxygen atoms in total. The fraction of sp³-hybridized carbons (Fsp3) is 0.316. The molecular weight excluding hydrogens is 382 g/mol. The summed E-state index contributed by atoms with van der Waals surface area (Å²) < 4.78 is 35.6. The topological polar surface area (TPSA) is 73.2 Å². The third-order valence-corrected chi connectivity index (χ3v) is 6.49. The Morgan fingerprint density at radius 3 is 2.67 bits per heavy atom. The Labute approximate surface area is 163 Å². The van der Waals surface area contributed by atoms with E-state index in [-0.39, 0.29) is 17.5 Å². The zero-order valence-corrected chi connectivity index (χ0v) is 17.2. The predicted octanol–water partition coefficient (Wildman–Crippen LogP) is 3.72. The maximum absolute atomic E-state index is 12.9. The number of benzene rings is 1. The summed E-state index contributed by atoms with van der Waals surface area (Å²) >= 11 is 1.47. The second-order valence-electron chi connectivity index (χ2n) is 6.35. The van der Waals surface area contributed by atoms with Gasteiger partial charge in [0.05, 0.1) is 12.0 Å². The Morgan fingerprint density at radius 1 is 1.22 bits per heavy atom. The van der Waals surface area contributed by atoms with E-state index in [1.165, 1.54) is 11.3 Å². The number of sulfonamides is 1. The van der Waals surface area contributed by atoms with Crippen molar-refractivity contribution in [3.05, 3.63) is 53.5 Å². The van der Waals surface area contributed by atoms with E-state index in [4.69, 9.17) is 4.74 Å². The fourth-order valence-corrected chi connectivity index (χ4v) is 4.69. The van der Waals surface area contributed by atoms with Crippen LogP contribution in [0.15, 0.2) is 52.9 Å². The van der Waals surface area contributed by atoms with Gasteiger partial charge in [0.1, 0.15) is 16.3 Å². The Morgan fingerprint density at radius 2 is 2.00 bits per heavy atom. The number of ether oxygens (including phenoxy) is 1. The molecule has 3 rings (SSSR count). The van der Waals surface area contributed by atoms with Crippen molar-refractivity contribution in [3.63, 3.8) is 0 Å². The molecule has 0 amide bonds. The van der Waals surface area contributed by atoms with Crippen molar-refractivity contribution in [1.82, 2.24) is 14.5 Å². The van der Waals surface area contributed by atoms with E-state index < -0.39 is 10.0 Å². The predicted molar refractivity (Wildman–Crippen MR) is 108 cm³/mol. The van der Waals surface area contributed by atoms with Gasteiger partial charge in [0.2, 0.25) is 10.0 Å². The average Bonchev–Trinajstić information content (AvgIpc) is 3.31. The molecule has 0 atom stereocenters. The summed E-state index contributed by atoms with van der Waals surface area (Å²) in [6, 6.07) is 11.4. The van der Waals surface area contributed by atoms with Gasteiger partial charge in [0, 0.05) is 18.8 Å². The Kier molecular flexibility index (Phi) is 5.98. The number of thiophene rings is 1. The SMILES string of the molecule is COc1ccccc1CCNS(=O)(=O)c1cn(C(C)C)nc1-c1cccs1. The molecule has 144 valence electrons. The summed E-state index contributed by atoms with van der Waals surface area (Å²) in [6.45, 7) is 4.22. The standard InChI is InChI=1S/C19H23N3O3S2/c1-14(2)22-13-18(19(21-22)17-9-6-12-26-17)27(23,24)20-11-10-15-7-4-5-8-16(15)25-3/h4-9,12-14,20H,10-11H2,1-3H3. The van der Waals surface area contributed by atoms with Crippen LogP contribution >= 0.6 is 11.3 Å². The van der Waals surface area contributed by atoms with Crippen LogP contribution in [-0.2, 0) is 16.4 Å². The number of para-hydroxylation sites is 1. The first-order valence-electron chi connectivity index (χ1n) is 8.67. The van der Waals surface area contributed by atoms with Crippen molar-refractivity contribution in [3.8, 4) is 16.3 Å². The molecule has 0 aliphatic carbocycles. The van der Waals surface area contributed by atoms with Crippen molar-refractivity contribution in [1.29, 1.82) is 0 Å². The molecule has 8 heteroatoms. The lowest BCUT2D eigenvalue weighted by molar-refractivity contribution is 0.409. The van der Waals surface area contributed by atoms with E-state index in [1.807, 2.05) is 55.6 Å². The van der Waals surface area contributed by atoms with Crippen molar-refractivity contribution >= 4 is 21.4 Å². The van der Waals surface area contributed by atoms with E-state index in [0.717, 1.165) is 16.2 Å². The molecular formula is C19H23N3O3S2. The largest absolute Gasteiger partial charge is 0.496 e. The number of aromatic nitrogens is 2. The molecule has 1 aromatic carbocycles. The second-order valence-corrected chi connectivity index (χ2v) is 9.04. The van der Waals surface area contributed by atoms with E-state index in [2.05, 4.69) is 9.82 Å². The number of nitrogens with zero attached hydrogens (tertiary/aromatic N) is 2. The highest BCUT2D eigenvalue weighted by Crippen LogP contribution is 2.30. The van der Waals surface area contributed by atoms with Gasteiger partial charge in [-0.15, -0.1) is 11.3 Å². The van der Waals surface area contributed by atoms with Crippen LogP contribution in [0.1, 0.15) is 25.5 Å². The number of rotatable bonds is 8. The second kappa shape index (κ2) is 8.24. The molecule has 2 heterocycles. The lowest BCUT2D eigenvalue weighted by atomic mass is 10.1. The number of hydrogen-bond donors (Lipinski definition) is 1. The highest BCUT2D eigenvalue weighted by molar-refractivity contribution is 7.89. The van der Waals surface area contributed by atoms with Crippen molar-refractivity contribution in [2.24, 2.45) is 0 Å². The first kappa shape index (κ1) is 19.6. The van der Waals surface area contributed by atoms with Crippen LogP contribution in [0.25, 0.3) is 10.6 Å². The van der Waals surface area contributed by atoms with E-state index in [9.17, 15) is 8.42 Å². The fourth-order valence-electron chi connectivity index (χ4n) is 2.73. The quantitative estimate of drug-likeness (QED) is 0.620. The molecule has 3 aromatic rings. The first-order chi connectivity index (χ1) is 12.9. The van der Waals surface area contributed by atoms with Crippen LogP contribution in [-0.4, -0.2) is 31.9 Å². The van der Waals surface area contributed by atoms with Crippen molar-refractivity contribution in [2.45, 2.75) is 31.2 Å². The smallest absolute Gasteiger partial charge is 0.244 e. The third kappa shape index (κ3) is 4.40.